The maximum absolute atomic E-state index is 6.42. The molecule has 0 bridgehead atoms. The molecule has 0 radical (unpaired) electrons. The van der Waals surface area contributed by atoms with Gasteiger partial charge in [0.25, 0.3) is 0 Å². The van der Waals surface area contributed by atoms with Gasteiger partial charge in [0, 0.05) is 17.7 Å². The van der Waals surface area contributed by atoms with Crippen molar-refractivity contribution in [2.45, 2.75) is 52.7 Å². The summed E-state index contributed by atoms with van der Waals surface area (Å²) < 4.78 is 5.74. The standard InChI is InChI=1S/C18H21Cl3N2O/c1-5-14-12(9-11-7-6-8-13(19)16(11)20)17(21)23-15(22-14)10-24-18(2,3)4/h6-8H,5,9-10H2,1-4H3. The second-order valence-electron chi connectivity index (χ2n) is 6.50. The zero-order valence-corrected chi connectivity index (χ0v) is 16.6. The topological polar surface area (TPSA) is 35.0 Å². The Hall–Kier alpha value is -0.870. The van der Waals surface area contributed by atoms with Crippen LogP contribution >= 0.6 is 34.8 Å². The van der Waals surface area contributed by atoms with Gasteiger partial charge in [0.05, 0.1) is 15.6 Å². The molecule has 1 aromatic heterocycles. The summed E-state index contributed by atoms with van der Waals surface area (Å²) in [6.07, 6.45) is 1.29. The molecule has 130 valence electrons. The number of halogens is 3. The lowest BCUT2D eigenvalue weighted by atomic mass is 10.0. The van der Waals surface area contributed by atoms with Crippen LogP contribution in [0.25, 0.3) is 0 Å². The number of aromatic nitrogens is 2. The Morgan fingerprint density at radius 2 is 1.79 bits per heavy atom. The van der Waals surface area contributed by atoms with Gasteiger partial charge >= 0.3 is 0 Å². The van der Waals surface area contributed by atoms with Crippen molar-refractivity contribution in [1.29, 1.82) is 0 Å². The number of hydrogen-bond acceptors (Lipinski definition) is 3. The summed E-state index contributed by atoms with van der Waals surface area (Å²) in [5.41, 5.74) is 2.43. The Bertz CT molecular complexity index is 727. The molecule has 1 aromatic carbocycles. The molecule has 0 aliphatic carbocycles. The molecule has 0 unspecified atom stereocenters. The van der Waals surface area contributed by atoms with E-state index in [0.29, 0.717) is 34.1 Å². The molecule has 0 spiro atoms. The van der Waals surface area contributed by atoms with Crippen molar-refractivity contribution in [2.24, 2.45) is 0 Å². The smallest absolute Gasteiger partial charge is 0.156 e. The highest BCUT2D eigenvalue weighted by molar-refractivity contribution is 6.42. The van der Waals surface area contributed by atoms with Crippen molar-refractivity contribution in [3.8, 4) is 0 Å². The lowest BCUT2D eigenvalue weighted by Crippen LogP contribution is -2.20. The van der Waals surface area contributed by atoms with Gasteiger partial charge in [-0.05, 0) is 38.8 Å². The van der Waals surface area contributed by atoms with Gasteiger partial charge in [0.2, 0.25) is 0 Å². The number of ether oxygens (including phenoxy) is 1. The molecule has 24 heavy (non-hydrogen) atoms. The molecule has 0 aliphatic heterocycles. The minimum absolute atomic E-state index is 0.255. The zero-order chi connectivity index (χ0) is 17.9. The maximum Gasteiger partial charge on any atom is 0.156 e. The molecule has 0 saturated carbocycles. The monoisotopic (exact) mass is 386 g/mol. The first-order valence-corrected chi connectivity index (χ1v) is 8.95. The van der Waals surface area contributed by atoms with E-state index in [1.54, 1.807) is 6.07 Å². The molecule has 0 N–H and O–H groups in total. The molecule has 2 aromatic rings. The summed E-state index contributed by atoms with van der Waals surface area (Å²) in [4.78, 5) is 8.99. The highest BCUT2D eigenvalue weighted by atomic mass is 35.5. The average molecular weight is 388 g/mol. The van der Waals surface area contributed by atoms with Crippen molar-refractivity contribution in [1.82, 2.24) is 9.97 Å². The Balaban J connectivity index is 2.32. The van der Waals surface area contributed by atoms with Gasteiger partial charge in [-0.3, -0.25) is 0 Å². The molecular formula is C18H21Cl3N2O. The first kappa shape index (κ1) is 19.5. The van der Waals surface area contributed by atoms with E-state index < -0.39 is 0 Å². The van der Waals surface area contributed by atoms with E-state index in [1.165, 1.54) is 0 Å². The largest absolute Gasteiger partial charge is 0.368 e. The van der Waals surface area contributed by atoms with Crippen LogP contribution in [0, 0.1) is 0 Å². The fourth-order valence-corrected chi connectivity index (χ4v) is 2.90. The number of aryl methyl sites for hydroxylation is 1. The van der Waals surface area contributed by atoms with Gasteiger partial charge in [-0.2, -0.15) is 0 Å². The van der Waals surface area contributed by atoms with Gasteiger partial charge in [-0.1, -0.05) is 53.9 Å². The van der Waals surface area contributed by atoms with E-state index in [1.807, 2.05) is 39.8 Å². The fraction of sp³-hybridized carbons (Fsp3) is 0.444. The molecule has 6 heteroatoms. The quantitative estimate of drug-likeness (QED) is 0.599. The SMILES string of the molecule is CCc1nc(COC(C)(C)C)nc(Cl)c1Cc1cccc(Cl)c1Cl. The molecule has 2 rings (SSSR count). The van der Waals surface area contributed by atoms with E-state index in [-0.39, 0.29) is 5.60 Å². The Labute approximate surface area is 158 Å². The summed E-state index contributed by atoms with van der Waals surface area (Å²) in [6, 6.07) is 5.56. The van der Waals surface area contributed by atoms with Gasteiger partial charge in [0.15, 0.2) is 5.82 Å². The van der Waals surface area contributed by atoms with E-state index in [2.05, 4.69) is 9.97 Å². The van der Waals surface area contributed by atoms with E-state index in [0.717, 1.165) is 23.2 Å². The van der Waals surface area contributed by atoms with Crippen LogP contribution in [-0.4, -0.2) is 15.6 Å². The molecule has 0 fully saturated rings. The molecule has 0 amide bonds. The molecule has 0 aliphatic rings. The average Bonchev–Trinajstić information content (AvgIpc) is 2.50. The lowest BCUT2D eigenvalue weighted by molar-refractivity contribution is -0.0182. The lowest BCUT2D eigenvalue weighted by Gasteiger charge is -2.19. The van der Waals surface area contributed by atoms with Crippen LogP contribution < -0.4 is 0 Å². The fourth-order valence-electron chi connectivity index (χ4n) is 2.24. The Morgan fingerprint density at radius 3 is 2.42 bits per heavy atom. The van der Waals surface area contributed by atoms with E-state index >= 15 is 0 Å². The van der Waals surface area contributed by atoms with Crippen LogP contribution in [0.5, 0.6) is 0 Å². The first-order chi connectivity index (χ1) is 11.2. The second-order valence-corrected chi connectivity index (χ2v) is 7.64. The highest BCUT2D eigenvalue weighted by Crippen LogP contribution is 2.30. The third-order valence-electron chi connectivity index (χ3n) is 3.46. The number of benzene rings is 1. The van der Waals surface area contributed by atoms with Crippen LogP contribution in [0.15, 0.2) is 18.2 Å². The summed E-state index contributed by atoms with van der Waals surface area (Å²) in [5.74, 6) is 0.590. The predicted molar refractivity (Wildman–Crippen MR) is 100 cm³/mol. The van der Waals surface area contributed by atoms with E-state index in [9.17, 15) is 0 Å². The van der Waals surface area contributed by atoms with Crippen LogP contribution in [0.1, 0.15) is 50.3 Å². The van der Waals surface area contributed by atoms with Crippen molar-refractivity contribution in [3.05, 3.63) is 56.0 Å². The van der Waals surface area contributed by atoms with Gasteiger partial charge in [-0.25, -0.2) is 9.97 Å². The van der Waals surface area contributed by atoms with Crippen LogP contribution in [0.3, 0.4) is 0 Å². The number of nitrogens with zero attached hydrogens (tertiary/aromatic N) is 2. The van der Waals surface area contributed by atoms with Crippen molar-refractivity contribution < 1.29 is 4.74 Å². The predicted octanol–water partition coefficient (Wildman–Crippen LogP) is 5.91. The summed E-state index contributed by atoms with van der Waals surface area (Å²) in [6.45, 7) is 8.34. The van der Waals surface area contributed by atoms with Gasteiger partial charge < -0.3 is 4.74 Å². The number of hydrogen-bond donors (Lipinski definition) is 0. The molecule has 0 atom stereocenters. The third-order valence-corrected chi connectivity index (χ3v) is 4.63. The van der Waals surface area contributed by atoms with Crippen molar-refractivity contribution in [3.63, 3.8) is 0 Å². The summed E-state index contributed by atoms with van der Waals surface area (Å²) in [5, 5.41) is 1.50. The van der Waals surface area contributed by atoms with Crippen molar-refractivity contribution >= 4 is 34.8 Å². The first-order valence-electron chi connectivity index (χ1n) is 7.82. The van der Waals surface area contributed by atoms with Crippen LogP contribution in [-0.2, 0) is 24.2 Å². The molecular weight excluding hydrogens is 367 g/mol. The third kappa shape index (κ3) is 5.06. The minimum Gasteiger partial charge on any atom is -0.368 e. The second kappa shape index (κ2) is 8.01. The molecule has 0 saturated heterocycles. The Kier molecular flexibility index (Phi) is 6.49. The highest BCUT2D eigenvalue weighted by Gasteiger charge is 2.17. The number of rotatable bonds is 5. The van der Waals surface area contributed by atoms with E-state index in [4.69, 9.17) is 39.5 Å². The summed E-state index contributed by atoms with van der Waals surface area (Å²) in [7, 11) is 0. The molecule has 1 heterocycles. The van der Waals surface area contributed by atoms with Crippen LogP contribution in [0.2, 0.25) is 15.2 Å². The molecule has 3 nitrogen and oxygen atoms in total. The Morgan fingerprint density at radius 1 is 1.08 bits per heavy atom. The van der Waals surface area contributed by atoms with Crippen LogP contribution in [0.4, 0.5) is 0 Å². The maximum atomic E-state index is 6.42. The van der Waals surface area contributed by atoms with Gasteiger partial charge in [0.1, 0.15) is 11.8 Å². The van der Waals surface area contributed by atoms with Gasteiger partial charge in [-0.15, -0.1) is 0 Å². The zero-order valence-electron chi connectivity index (χ0n) is 14.3. The minimum atomic E-state index is -0.255. The normalized spacial score (nSPS) is 11.8. The summed E-state index contributed by atoms with van der Waals surface area (Å²) >= 11 is 18.8. The van der Waals surface area contributed by atoms with Crippen molar-refractivity contribution in [2.75, 3.05) is 0 Å².